The van der Waals surface area contributed by atoms with Gasteiger partial charge in [-0.25, -0.2) is 4.68 Å². The fourth-order valence-electron chi connectivity index (χ4n) is 1.99. The molecule has 1 heterocycles. The van der Waals surface area contributed by atoms with Gasteiger partial charge in [0.05, 0.1) is 11.9 Å². The molecule has 1 aromatic heterocycles. The van der Waals surface area contributed by atoms with Crippen LogP contribution in [0.25, 0.3) is 0 Å². The van der Waals surface area contributed by atoms with E-state index in [1.165, 1.54) is 17.5 Å². The van der Waals surface area contributed by atoms with Crippen molar-refractivity contribution in [1.29, 1.82) is 0 Å². The van der Waals surface area contributed by atoms with Crippen LogP contribution < -0.4 is 10.9 Å². The quantitative estimate of drug-likeness (QED) is 0.864. The van der Waals surface area contributed by atoms with Gasteiger partial charge in [-0.15, -0.1) is 0 Å². The van der Waals surface area contributed by atoms with Crippen LogP contribution in [0.2, 0.25) is 5.02 Å². The van der Waals surface area contributed by atoms with Crippen LogP contribution in [0.4, 0.5) is 5.69 Å². The highest BCUT2D eigenvalue weighted by molar-refractivity contribution is 6.32. The van der Waals surface area contributed by atoms with Crippen LogP contribution in [0.1, 0.15) is 39.5 Å². The maximum Gasteiger partial charge on any atom is 0.287 e. The lowest BCUT2D eigenvalue weighted by atomic mass is 10.2. The van der Waals surface area contributed by atoms with E-state index in [0.717, 1.165) is 12.8 Å². The summed E-state index contributed by atoms with van der Waals surface area (Å²) >= 11 is 6.11. The minimum absolute atomic E-state index is 0.196. The third kappa shape index (κ3) is 3.05. The number of nitrogens with zero attached hydrogens (tertiary/aromatic N) is 2. The molecule has 1 atom stereocenters. The van der Waals surface area contributed by atoms with Crippen molar-refractivity contribution >= 4 is 17.3 Å². The topological polar surface area (TPSA) is 46.9 Å². The molecule has 0 aliphatic heterocycles. The molecule has 100 valence electrons. The molecule has 18 heavy (non-hydrogen) atoms. The first-order chi connectivity index (χ1) is 8.63. The Kier molecular flexibility index (Phi) is 4.27. The first kappa shape index (κ1) is 13.4. The average molecular weight is 270 g/mol. The monoisotopic (exact) mass is 269 g/mol. The van der Waals surface area contributed by atoms with E-state index in [9.17, 15) is 4.79 Å². The number of hydrogen-bond acceptors (Lipinski definition) is 3. The smallest absolute Gasteiger partial charge is 0.287 e. The van der Waals surface area contributed by atoms with Crippen molar-refractivity contribution in [2.24, 2.45) is 5.92 Å². The molecule has 0 amide bonds. The molecule has 0 saturated heterocycles. The highest BCUT2D eigenvalue weighted by atomic mass is 35.5. The predicted molar refractivity (Wildman–Crippen MR) is 74.2 cm³/mol. The Morgan fingerprint density at radius 1 is 1.61 bits per heavy atom. The van der Waals surface area contributed by atoms with E-state index >= 15 is 0 Å². The molecule has 5 heteroatoms. The molecule has 0 radical (unpaired) electrons. The summed E-state index contributed by atoms with van der Waals surface area (Å²) in [7, 11) is 0. The summed E-state index contributed by atoms with van der Waals surface area (Å²) in [6, 6.07) is 0.357. The van der Waals surface area contributed by atoms with Crippen molar-refractivity contribution in [2.45, 2.75) is 52.1 Å². The summed E-state index contributed by atoms with van der Waals surface area (Å²) in [6.07, 6.45) is 6.15. The average Bonchev–Trinajstić information content (AvgIpc) is 3.18. The van der Waals surface area contributed by atoms with Crippen LogP contribution in [0.3, 0.4) is 0 Å². The second kappa shape index (κ2) is 5.74. The first-order valence-corrected chi connectivity index (χ1v) is 7.03. The molecule has 2 rings (SSSR count). The standard InChI is InChI=1S/C13H20ClN3O/c1-3-4-7-17-13(18)12(14)11(8-15-17)16-9(2)10-5-6-10/h8-10,16H,3-7H2,1-2H3. The first-order valence-electron chi connectivity index (χ1n) is 6.65. The number of unbranched alkanes of at least 4 members (excludes halogenated alkanes) is 1. The van der Waals surface area contributed by atoms with Crippen LogP contribution in [-0.4, -0.2) is 15.8 Å². The van der Waals surface area contributed by atoms with Crippen molar-refractivity contribution in [3.05, 3.63) is 21.6 Å². The molecule has 1 N–H and O–H groups in total. The Balaban J connectivity index is 2.12. The van der Waals surface area contributed by atoms with Gasteiger partial charge in [0, 0.05) is 12.6 Å². The summed E-state index contributed by atoms with van der Waals surface area (Å²) in [4.78, 5) is 12.0. The van der Waals surface area contributed by atoms with Crippen molar-refractivity contribution in [3.63, 3.8) is 0 Å². The lowest BCUT2D eigenvalue weighted by Gasteiger charge is -2.15. The minimum atomic E-state index is -0.196. The highest BCUT2D eigenvalue weighted by Crippen LogP contribution is 2.34. The molecule has 4 nitrogen and oxygen atoms in total. The zero-order chi connectivity index (χ0) is 13.1. The summed E-state index contributed by atoms with van der Waals surface area (Å²) in [5.41, 5.74) is 0.465. The van der Waals surface area contributed by atoms with Gasteiger partial charge in [-0.3, -0.25) is 4.79 Å². The van der Waals surface area contributed by atoms with Gasteiger partial charge in [0.25, 0.3) is 5.56 Å². The van der Waals surface area contributed by atoms with Crippen molar-refractivity contribution in [2.75, 3.05) is 5.32 Å². The molecule has 1 aromatic rings. The van der Waals surface area contributed by atoms with Gasteiger partial charge < -0.3 is 5.32 Å². The summed E-state index contributed by atoms with van der Waals surface area (Å²) < 4.78 is 1.44. The predicted octanol–water partition coefficient (Wildman–Crippen LogP) is 2.91. The SMILES string of the molecule is CCCCn1ncc(NC(C)C2CC2)c(Cl)c1=O. The fourth-order valence-corrected chi connectivity index (χ4v) is 2.19. The van der Waals surface area contributed by atoms with E-state index in [1.54, 1.807) is 6.20 Å². The lowest BCUT2D eigenvalue weighted by Crippen LogP contribution is -2.26. The second-order valence-electron chi connectivity index (χ2n) is 5.02. The molecule has 1 fully saturated rings. The zero-order valence-corrected chi connectivity index (χ0v) is 11.7. The molecular weight excluding hydrogens is 250 g/mol. The van der Waals surface area contributed by atoms with Gasteiger partial charge in [-0.05, 0) is 32.1 Å². The number of nitrogens with one attached hydrogen (secondary N) is 1. The van der Waals surface area contributed by atoms with Gasteiger partial charge in [0.1, 0.15) is 5.02 Å². The van der Waals surface area contributed by atoms with Crippen LogP contribution in [0.15, 0.2) is 11.0 Å². The van der Waals surface area contributed by atoms with E-state index in [-0.39, 0.29) is 10.6 Å². The molecular formula is C13H20ClN3O. The number of anilines is 1. The van der Waals surface area contributed by atoms with E-state index in [4.69, 9.17) is 11.6 Å². The third-order valence-corrected chi connectivity index (χ3v) is 3.79. The Labute approximate surface area is 112 Å². The Bertz CT molecular complexity index is 468. The van der Waals surface area contributed by atoms with Gasteiger partial charge >= 0.3 is 0 Å². The Morgan fingerprint density at radius 3 is 2.94 bits per heavy atom. The number of aromatic nitrogens is 2. The van der Waals surface area contributed by atoms with E-state index in [2.05, 4.69) is 24.3 Å². The van der Waals surface area contributed by atoms with Crippen molar-refractivity contribution in [3.8, 4) is 0 Å². The van der Waals surface area contributed by atoms with Crippen LogP contribution in [0, 0.1) is 5.92 Å². The van der Waals surface area contributed by atoms with Gasteiger partial charge in [-0.1, -0.05) is 24.9 Å². The van der Waals surface area contributed by atoms with Gasteiger partial charge in [-0.2, -0.15) is 5.10 Å². The summed E-state index contributed by atoms with van der Waals surface area (Å²) in [5.74, 6) is 0.712. The summed E-state index contributed by atoms with van der Waals surface area (Å²) in [6.45, 7) is 4.84. The maximum atomic E-state index is 12.0. The number of hydrogen-bond donors (Lipinski definition) is 1. The van der Waals surface area contributed by atoms with Crippen LogP contribution in [-0.2, 0) is 6.54 Å². The zero-order valence-electron chi connectivity index (χ0n) is 10.9. The molecule has 0 spiro atoms. The van der Waals surface area contributed by atoms with E-state index < -0.39 is 0 Å². The molecule has 1 aliphatic carbocycles. The Hall–Kier alpha value is -1.03. The number of halogens is 1. The molecule has 0 aromatic carbocycles. The van der Waals surface area contributed by atoms with Crippen LogP contribution >= 0.6 is 11.6 Å². The normalized spacial score (nSPS) is 16.6. The molecule has 1 unspecified atom stereocenters. The van der Waals surface area contributed by atoms with E-state index in [1.807, 2.05) is 0 Å². The second-order valence-corrected chi connectivity index (χ2v) is 5.40. The molecule has 1 saturated carbocycles. The van der Waals surface area contributed by atoms with Crippen molar-refractivity contribution in [1.82, 2.24) is 9.78 Å². The van der Waals surface area contributed by atoms with Crippen LogP contribution in [0.5, 0.6) is 0 Å². The van der Waals surface area contributed by atoms with Gasteiger partial charge in [0.15, 0.2) is 0 Å². The number of aryl methyl sites for hydroxylation is 1. The van der Waals surface area contributed by atoms with E-state index in [0.29, 0.717) is 24.2 Å². The fraction of sp³-hybridized carbons (Fsp3) is 0.692. The van der Waals surface area contributed by atoms with Crippen molar-refractivity contribution < 1.29 is 0 Å². The molecule has 0 bridgehead atoms. The highest BCUT2D eigenvalue weighted by Gasteiger charge is 2.28. The summed E-state index contributed by atoms with van der Waals surface area (Å²) in [5, 5.41) is 7.71. The number of rotatable bonds is 6. The third-order valence-electron chi connectivity index (χ3n) is 3.42. The lowest BCUT2D eigenvalue weighted by molar-refractivity contribution is 0.542. The molecule has 1 aliphatic rings. The largest absolute Gasteiger partial charge is 0.380 e. The maximum absolute atomic E-state index is 12.0. The van der Waals surface area contributed by atoms with Gasteiger partial charge in [0.2, 0.25) is 0 Å². The minimum Gasteiger partial charge on any atom is -0.380 e. The Morgan fingerprint density at radius 2 is 2.33 bits per heavy atom.